The Bertz CT molecular complexity index is 1360. The second kappa shape index (κ2) is 19.8. The number of anilines is 1. The van der Waals surface area contributed by atoms with Gasteiger partial charge in [0.15, 0.2) is 8.07 Å². The standard InChI is InChI=1S/C26H23NP.C8H12.2CH3.F6P.Rh/c1-4-12-22(13-5-1)20-21-23-14-10-11-19-26(23)27-28(24-15-6-2-7-16-24)25-17-8-3-9-18-25;1-2-4-6-8-7-5-3-1;;;1-7(2,3,4,5)6;/h2-4,6-19,21,27H,1,5H2;1-2,7-8H,3-6H2;2*1H3;;/q-1;;3*-1;+3/p+1/b;2-1-,8-7?;;;;. The van der Waals surface area contributed by atoms with Gasteiger partial charge in [-0.3, -0.25) is 5.09 Å². The van der Waals surface area contributed by atoms with Gasteiger partial charge in [-0.15, -0.1) is 24.3 Å². The van der Waals surface area contributed by atoms with Gasteiger partial charge in [-0.05, 0) is 62.4 Å². The molecule has 2 aliphatic carbocycles. The summed E-state index contributed by atoms with van der Waals surface area (Å²) in [6.45, 7) is 0. The Morgan fingerprint density at radius 1 is 0.587 bits per heavy atom. The third-order valence-corrected chi connectivity index (χ3v) is 8.41. The normalized spacial score (nSPS) is 16.0. The van der Waals surface area contributed by atoms with E-state index in [0.717, 1.165) is 29.7 Å². The molecule has 0 saturated carbocycles. The summed E-state index contributed by atoms with van der Waals surface area (Å²) in [5.41, 5.74) is 3.48. The molecular formula is C36H42F6NP2Rh. The quantitative estimate of drug-likeness (QED) is 0.0866. The SMILES string of the molecule is C1=CCC/C=C\CC1.F[P-](F)(F)(F)(F)F.[C-](=Cc1ccccc1N[PH+](c1ccccc1)c1ccccc1)C1=CCCC=C1.[CH3-].[CH3-].[Rh+3]. The molecule has 0 radical (unpaired) electrons. The molecule has 5 rings (SSSR count). The smallest absolute Gasteiger partial charge is 0.358 e. The van der Waals surface area contributed by atoms with Crippen molar-refractivity contribution in [3.63, 3.8) is 0 Å². The van der Waals surface area contributed by atoms with E-state index in [1.807, 2.05) is 0 Å². The average Bonchev–Trinajstić information content (AvgIpc) is 2.95. The Morgan fingerprint density at radius 3 is 1.43 bits per heavy atom. The van der Waals surface area contributed by atoms with Crippen LogP contribution in [0.5, 0.6) is 0 Å². The van der Waals surface area contributed by atoms with Gasteiger partial charge in [0.05, 0.1) is 0 Å². The first-order valence-electron chi connectivity index (χ1n) is 14.0. The molecule has 0 heterocycles. The van der Waals surface area contributed by atoms with Crippen molar-refractivity contribution in [1.29, 1.82) is 0 Å². The molecule has 0 bridgehead atoms. The maximum absolute atomic E-state index is 10.7. The van der Waals surface area contributed by atoms with E-state index in [4.69, 9.17) is 0 Å². The minimum absolute atomic E-state index is 0. The van der Waals surface area contributed by atoms with E-state index >= 15 is 0 Å². The predicted molar refractivity (Wildman–Crippen MR) is 188 cm³/mol. The summed E-state index contributed by atoms with van der Waals surface area (Å²) >= 11 is 0. The fourth-order valence-corrected chi connectivity index (χ4v) is 6.30. The number of allylic oxidation sites excluding steroid dienone is 9. The van der Waals surface area contributed by atoms with Crippen molar-refractivity contribution in [3.05, 3.63) is 160 Å². The molecular weight excluding hydrogens is 725 g/mol. The Kier molecular flexibility index (Phi) is 18.6. The van der Waals surface area contributed by atoms with E-state index < -0.39 is 15.9 Å². The van der Waals surface area contributed by atoms with Crippen LogP contribution < -0.4 is 15.7 Å². The third kappa shape index (κ3) is 20.4. The molecule has 0 saturated heterocycles. The van der Waals surface area contributed by atoms with Crippen LogP contribution >= 0.6 is 15.9 Å². The number of halogens is 6. The van der Waals surface area contributed by atoms with E-state index in [9.17, 15) is 25.2 Å². The van der Waals surface area contributed by atoms with Crippen LogP contribution in [0.2, 0.25) is 0 Å². The zero-order valence-electron chi connectivity index (χ0n) is 26.0. The van der Waals surface area contributed by atoms with Crippen LogP contribution in [0, 0.1) is 20.9 Å². The monoisotopic (exact) mass is 767 g/mol. The van der Waals surface area contributed by atoms with Gasteiger partial charge in [0.2, 0.25) is 0 Å². The van der Waals surface area contributed by atoms with Crippen LogP contribution in [0.25, 0.3) is 6.08 Å². The molecule has 1 N–H and O–H groups in total. The largest absolute Gasteiger partial charge is 3.00 e. The Labute approximate surface area is 285 Å². The average molecular weight is 768 g/mol. The molecule has 252 valence electrons. The number of hydrogen-bond donors (Lipinski definition) is 1. The van der Waals surface area contributed by atoms with Crippen LogP contribution in [-0.4, -0.2) is 0 Å². The first-order chi connectivity index (χ1) is 20.3. The van der Waals surface area contributed by atoms with Crippen LogP contribution in [0.15, 0.2) is 133 Å². The molecule has 0 unspecified atom stereocenters. The van der Waals surface area contributed by atoms with Crippen LogP contribution in [0.3, 0.4) is 0 Å². The Hall–Kier alpha value is -2.78. The number of nitrogens with one attached hydrogen (secondary N) is 1. The summed E-state index contributed by atoms with van der Waals surface area (Å²) in [5, 5.41) is 6.55. The van der Waals surface area contributed by atoms with Gasteiger partial charge < -0.3 is 14.9 Å². The summed E-state index contributed by atoms with van der Waals surface area (Å²) in [4.78, 5) is 0. The van der Waals surface area contributed by atoms with E-state index in [1.165, 1.54) is 36.3 Å². The van der Waals surface area contributed by atoms with Gasteiger partial charge in [-0.1, -0.05) is 90.9 Å². The number of benzene rings is 3. The minimum atomic E-state index is -10.7. The maximum atomic E-state index is 9.87. The summed E-state index contributed by atoms with van der Waals surface area (Å²) in [7, 11) is -11.8. The molecule has 1 nitrogen and oxygen atoms in total. The van der Waals surface area contributed by atoms with Crippen molar-refractivity contribution in [1.82, 2.24) is 0 Å². The molecule has 46 heavy (non-hydrogen) atoms. The second-order valence-corrected chi connectivity index (χ2v) is 13.9. The topological polar surface area (TPSA) is 12.0 Å². The fourth-order valence-electron chi connectivity index (χ4n) is 4.13. The minimum Gasteiger partial charge on any atom is -0.358 e. The molecule has 0 fully saturated rings. The zero-order chi connectivity index (χ0) is 31.1. The first-order valence-corrected chi connectivity index (χ1v) is 17.5. The summed E-state index contributed by atoms with van der Waals surface area (Å²) in [6.07, 6.45) is 28.4. The molecule has 10 heteroatoms. The van der Waals surface area contributed by atoms with Gasteiger partial charge in [0, 0.05) is 5.69 Å². The van der Waals surface area contributed by atoms with Gasteiger partial charge in [-0.2, -0.15) is 11.6 Å². The third-order valence-electron chi connectivity index (χ3n) is 6.07. The van der Waals surface area contributed by atoms with E-state index in [2.05, 4.69) is 145 Å². The molecule has 0 atom stereocenters. The molecule has 3 aromatic rings. The van der Waals surface area contributed by atoms with Gasteiger partial charge in [-0.25, -0.2) is 0 Å². The maximum Gasteiger partial charge on any atom is 3.00 e. The molecule has 0 aromatic heterocycles. The molecule has 3 aromatic carbocycles. The molecule has 0 aliphatic heterocycles. The van der Waals surface area contributed by atoms with Crippen LogP contribution in [0.1, 0.15) is 44.1 Å². The van der Waals surface area contributed by atoms with Crippen LogP contribution in [0.4, 0.5) is 30.9 Å². The van der Waals surface area contributed by atoms with Crippen molar-refractivity contribution >= 4 is 38.3 Å². The molecule has 0 spiro atoms. The molecule has 2 aliphatic rings. The van der Waals surface area contributed by atoms with Gasteiger partial charge in [0.25, 0.3) is 0 Å². The van der Waals surface area contributed by atoms with Gasteiger partial charge >= 0.3 is 52.5 Å². The Morgan fingerprint density at radius 2 is 1.00 bits per heavy atom. The summed E-state index contributed by atoms with van der Waals surface area (Å²) < 4.78 is 59.2. The van der Waals surface area contributed by atoms with Crippen molar-refractivity contribution in [2.75, 3.05) is 5.09 Å². The van der Waals surface area contributed by atoms with E-state index in [1.54, 1.807) is 0 Å². The van der Waals surface area contributed by atoms with Crippen molar-refractivity contribution < 1.29 is 44.7 Å². The Balaban J connectivity index is 0.000000939. The van der Waals surface area contributed by atoms with Crippen molar-refractivity contribution in [3.8, 4) is 0 Å². The number of para-hydroxylation sites is 1. The first kappa shape index (κ1) is 43.2. The fraction of sp³-hybridized carbons (Fsp3) is 0.167. The summed E-state index contributed by atoms with van der Waals surface area (Å²) in [5.74, 6) is 0. The van der Waals surface area contributed by atoms with Crippen LogP contribution in [-0.2, 0) is 19.5 Å². The summed E-state index contributed by atoms with van der Waals surface area (Å²) in [6, 6.07) is 30.0. The van der Waals surface area contributed by atoms with Gasteiger partial charge in [0.1, 0.15) is 10.6 Å². The number of rotatable bonds is 6. The van der Waals surface area contributed by atoms with E-state index in [0.29, 0.717) is 0 Å². The predicted octanol–water partition coefficient (Wildman–Crippen LogP) is 12.9. The number of hydrogen-bond acceptors (Lipinski definition) is 1. The van der Waals surface area contributed by atoms with Crippen molar-refractivity contribution in [2.24, 2.45) is 0 Å². The molecule has 0 amide bonds. The van der Waals surface area contributed by atoms with E-state index in [-0.39, 0.29) is 34.3 Å². The second-order valence-electron chi connectivity index (χ2n) is 9.80. The zero-order valence-corrected chi connectivity index (χ0v) is 29.5. The van der Waals surface area contributed by atoms with Crippen molar-refractivity contribution in [2.45, 2.75) is 38.5 Å².